The predicted molar refractivity (Wildman–Crippen MR) is 78.1 cm³/mol. The minimum atomic E-state index is -3.65. The highest BCUT2D eigenvalue weighted by Crippen LogP contribution is 2.32. The van der Waals surface area contributed by atoms with E-state index >= 15 is 0 Å². The Bertz CT molecular complexity index is 736. The Morgan fingerprint density at radius 3 is 2.40 bits per heavy atom. The molecule has 102 valence electrons. The van der Waals surface area contributed by atoms with Gasteiger partial charge in [-0.3, -0.25) is 0 Å². The summed E-state index contributed by atoms with van der Waals surface area (Å²) in [6.07, 6.45) is -0.0984. The Morgan fingerprint density at radius 1 is 1.10 bits per heavy atom. The first-order valence-corrected chi connectivity index (χ1v) is 7.89. The molecule has 0 aliphatic heterocycles. The van der Waals surface area contributed by atoms with Gasteiger partial charge in [-0.15, -0.1) is 0 Å². The molecule has 0 amide bonds. The molecule has 2 aromatic rings. The summed E-state index contributed by atoms with van der Waals surface area (Å²) in [5.41, 5.74) is 0.606. The van der Waals surface area contributed by atoms with Crippen molar-refractivity contribution in [2.75, 3.05) is 0 Å². The number of hydrogen-bond donors (Lipinski definition) is 0. The number of hydrogen-bond acceptors (Lipinski definition) is 3. The van der Waals surface area contributed by atoms with Crippen molar-refractivity contribution < 1.29 is 8.42 Å². The quantitative estimate of drug-likeness (QED) is 0.864. The second kappa shape index (κ2) is 6.08. The van der Waals surface area contributed by atoms with Crippen molar-refractivity contribution in [2.45, 2.75) is 16.6 Å². The van der Waals surface area contributed by atoms with Gasteiger partial charge in [0.05, 0.1) is 17.4 Å². The van der Waals surface area contributed by atoms with Crippen LogP contribution in [0.3, 0.4) is 0 Å². The molecule has 2 aromatic carbocycles. The molecule has 5 heteroatoms. The lowest BCUT2D eigenvalue weighted by Gasteiger charge is -2.15. The van der Waals surface area contributed by atoms with Crippen molar-refractivity contribution in [2.24, 2.45) is 0 Å². The molecule has 1 atom stereocenters. The van der Waals surface area contributed by atoms with Gasteiger partial charge in [0.1, 0.15) is 5.25 Å². The summed E-state index contributed by atoms with van der Waals surface area (Å²) in [7, 11) is -3.65. The zero-order valence-electron chi connectivity index (χ0n) is 10.5. The van der Waals surface area contributed by atoms with Crippen LogP contribution in [0.5, 0.6) is 0 Å². The van der Waals surface area contributed by atoms with Gasteiger partial charge in [0.2, 0.25) is 0 Å². The van der Waals surface area contributed by atoms with Gasteiger partial charge in [0, 0.05) is 5.02 Å². The third-order valence-corrected chi connectivity index (χ3v) is 5.28. The zero-order chi connectivity index (χ0) is 14.6. The van der Waals surface area contributed by atoms with Crippen LogP contribution in [0.2, 0.25) is 5.02 Å². The minimum absolute atomic E-state index is 0.0984. The summed E-state index contributed by atoms with van der Waals surface area (Å²) in [4.78, 5) is 0.133. The molecule has 0 fully saturated rings. The second-order valence-corrected chi connectivity index (χ2v) is 6.83. The van der Waals surface area contributed by atoms with Crippen molar-refractivity contribution in [3.8, 4) is 6.07 Å². The summed E-state index contributed by atoms with van der Waals surface area (Å²) < 4.78 is 25.3. The number of halogens is 1. The van der Waals surface area contributed by atoms with E-state index in [4.69, 9.17) is 16.9 Å². The van der Waals surface area contributed by atoms with Crippen LogP contribution in [0.1, 0.15) is 17.2 Å². The maximum absolute atomic E-state index is 12.7. The van der Waals surface area contributed by atoms with Crippen LogP contribution in [-0.2, 0) is 9.84 Å². The van der Waals surface area contributed by atoms with Crippen molar-refractivity contribution >= 4 is 21.4 Å². The summed E-state index contributed by atoms with van der Waals surface area (Å²) in [6.45, 7) is 0. The lowest BCUT2D eigenvalue weighted by molar-refractivity contribution is 0.582. The Balaban J connectivity index is 2.52. The Hall–Kier alpha value is -1.83. The molecule has 1 unspecified atom stereocenters. The second-order valence-electron chi connectivity index (χ2n) is 4.26. The van der Waals surface area contributed by atoms with Crippen LogP contribution in [0.25, 0.3) is 0 Å². The number of nitriles is 1. The smallest absolute Gasteiger partial charge is 0.186 e. The van der Waals surface area contributed by atoms with Gasteiger partial charge in [0.25, 0.3) is 0 Å². The van der Waals surface area contributed by atoms with E-state index in [-0.39, 0.29) is 11.3 Å². The minimum Gasteiger partial charge on any atom is -0.223 e. The topological polar surface area (TPSA) is 57.9 Å². The standard InChI is InChI=1S/C15H12ClNO2S/c16-13-7-4-8-14(11-13)20(18,19)15(9-10-17)12-5-2-1-3-6-12/h1-8,11,15H,9H2. The average molecular weight is 306 g/mol. The fourth-order valence-electron chi connectivity index (χ4n) is 1.97. The van der Waals surface area contributed by atoms with E-state index in [9.17, 15) is 8.42 Å². The first-order chi connectivity index (χ1) is 9.55. The molecule has 20 heavy (non-hydrogen) atoms. The third kappa shape index (κ3) is 3.01. The summed E-state index contributed by atoms with van der Waals surface area (Å²) >= 11 is 5.85. The van der Waals surface area contributed by atoms with Gasteiger partial charge < -0.3 is 0 Å². The molecule has 0 N–H and O–H groups in total. The largest absolute Gasteiger partial charge is 0.223 e. The molecular formula is C15H12ClNO2S. The molecule has 0 aliphatic rings. The van der Waals surface area contributed by atoms with Crippen LogP contribution in [0.4, 0.5) is 0 Å². The number of benzene rings is 2. The van der Waals surface area contributed by atoms with Crippen molar-refractivity contribution in [1.29, 1.82) is 5.26 Å². The van der Waals surface area contributed by atoms with E-state index in [1.165, 1.54) is 12.1 Å². The molecule has 3 nitrogen and oxygen atoms in total. The van der Waals surface area contributed by atoms with E-state index < -0.39 is 15.1 Å². The zero-order valence-corrected chi connectivity index (χ0v) is 12.1. The van der Waals surface area contributed by atoms with Crippen LogP contribution in [0.15, 0.2) is 59.5 Å². The van der Waals surface area contributed by atoms with E-state index in [0.29, 0.717) is 10.6 Å². The monoisotopic (exact) mass is 305 g/mol. The van der Waals surface area contributed by atoms with Crippen molar-refractivity contribution in [3.05, 3.63) is 65.2 Å². The summed E-state index contributed by atoms with van der Waals surface area (Å²) in [6, 6.07) is 16.8. The normalized spacial score (nSPS) is 12.6. The number of sulfone groups is 1. The molecule has 0 radical (unpaired) electrons. The maximum atomic E-state index is 12.7. The lowest BCUT2D eigenvalue weighted by atomic mass is 10.1. The number of nitrogens with zero attached hydrogens (tertiary/aromatic N) is 1. The molecular weight excluding hydrogens is 294 g/mol. The van der Waals surface area contributed by atoms with Crippen LogP contribution in [-0.4, -0.2) is 8.42 Å². The molecule has 0 saturated carbocycles. The SMILES string of the molecule is N#CCC(c1ccccc1)S(=O)(=O)c1cccc(Cl)c1. The Morgan fingerprint density at radius 2 is 1.80 bits per heavy atom. The molecule has 0 bridgehead atoms. The van der Waals surface area contributed by atoms with Crippen molar-refractivity contribution in [3.63, 3.8) is 0 Å². The Kier molecular flexibility index (Phi) is 4.43. The van der Waals surface area contributed by atoms with E-state index in [1.807, 2.05) is 6.07 Å². The van der Waals surface area contributed by atoms with Crippen LogP contribution < -0.4 is 0 Å². The fourth-order valence-corrected chi connectivity index (χ4v) is 3.92. The highest BCUT2D eigenvalue weighted by atomic mass is 35.5. The first-order valence-electron chi connectivity index (χ1n) is 5.97. The first kappa shape index (κ1) is 14.6. The average Bonchev–Trinajstić information content (AvgIpc) is 2.45. The van der Waals surface area contributed by atoms with Crippen LogP contribution >= 0.6 is 11.6 Å². The van der Waals surface area contributed by atoms with Crippen molar-refractivity contribution in [1.82, 2.24) is 0 Å². The van der Waals surface area contributed by atoms with Gasteiger partial charge in [0.15, 0.2) is 9.84 Å². The molecule has 0 spiro atoms. The predicted octanol–water partition coefficient (Wildman–Crippen LogP) is 3.77. The summed E-state index contributed by atoms with van der Waals surface area (Å²) in [5, 5.41) is 8.40. The van der Waals surface area contributed by atoms with Crippen LogP contribution in [0, 0.1) is 11.3 Å². The molecule has 0 saturated heterocycles. The highest BCUT2D eigenvalue weighted by Gasteiger charge is 2.29. The van der Waals surface area contributed by atoms with Gasteiger partial charge in [-0.25, -0.2) is 8.42 Å². The van der Waals surface area contributed by atoms with E-state index in [2.05, 4.69) is 0 Å². The molecule has 0 heterocycles. The molecule has 0 aliphatic carbocycles. The highest BCUT2D eigenvalue weighted by molar-refractivity contribution is 7.91. The molecule has 0 aromatic heterocycles. The van der Waals surface area contributed by atoms with Gasteiger partial charge in [-0.05, 0) is 23.8 Å². The number of rotatable bonds is 4. The molecule has 2 rings (SSSR count). The lowest BCUT2D eigenvalue weighted by Crippen LogP contribution is -2.13. The fraction of sp³-hybridized carbons (Fsp3) is 0.133. The van der Waals surface area contributed by atoms with Gasteiger partial charge in [-0.1, -0.05) is 48.0 Å². The van der Waals surface area contributed by atoms with Gasteiger partial charge >= 0.3 is 0 Å². The van der Waals surface area contributed by atoms with E-state index in [1.54, 1.807) is 42.5 Å². The maximum Gasteiger partial charge on any atom is 0.186 e. The Labute approximate surface area is 123 Å². The van der Waals surface area contributed by atoms with E-state index in [0.717, 1.165) is 0 Å². The summed E-state index contributed by atoms with van der Waals surface area (Å²) in [5.74, 6) is 0. The van der Waals surface area contributed by atoms with Gasteiger partial charge in [-0.2, -0.15) is 5.26 Å². The third-order valence-electron chi connectivity index (χ3n) is 2.95.